The average molecular weight is 318 g/mol. The van der Waals surface area contributed by atoms with Crippen LogP contribution in [0, 0.1) is 6.92 Å². The summed E-state index contributed by atoms with van der Waals surface area (Å²) in [6, 6.07) is 1.25. The van der Waals surface area contributed by atoms with E-state index in [2.05, 4.69) is 15.5 Å². The Hall–Kier alpha value is -1.96. The van der Waals surface area contributed by atoms with Crippen LogP contribution in [0.2, 0.25) is 5.02 Å². The summed E-state index contributed by atoms with van der Waals surface area (Å²) in [5.41, 5.74) is 0.714. The lowest BCUT2D eigenvalue weighted by Crippen LogP contribution is -2.26. The number of halogens is 3. The van der Waals surface area contributed by atoms with Gasteiger partial charge >= 0.3 is 6.55 Å². The van der Waals surface area contributed by atoms with Crippen molar-refractivity contribution in [1.29, 1.82) is 0 Å². The Morgan fingerprint density at radius 3 is 2.81 bits per heavy atom. The third kappa shape index (κ3) is 4.01. The van der Waals surface area contributed by atoms with E-state index < -0.39 is 12.5 Å². The molecule has 1 N–H and O–H groups in total. The minimum absolute atomic E-state index is 0.0340. The number of carbonyl (C=O) groups excluding carboxylic acids is 1. The molecular formula is C12H14ClF2N5O. The Bertz CT molecular complexity index is 605. The molecule has 114 valence electrons. The summed E-state index contributed by atoms with van der Waals surface area (Å²) in [5.74, 6) is -0.482. The van der Waals surface area contributed by atoms with E-state index in [4.69, 9.17) is 11.6 Å². The quantitative estimate of drug-likeness (QED) is 0.831. The number of nitrogens with one attached hydrogen (secondary N) is 1. The van der Waals surface area contributed by atoms with E-state index >= 15 is 0 Å². The highest BCUT2D eigenvalue weighted by atomic mass is 35.5. The number of aryl methyl sites for hydroxylation is 2. The van der Waals surface area contributed by atoms with Crippen molar-refractivity contribution >= 4 is 17.5 Å². The van der Waals surface area contributed by atoms with Gasteiger partial charge < -0.3 is 5.32 Å². The standard InChI is InChI=1S/C12H14ClF2N5O/c1-8-9(13)7-19(17-8)5-2-4-16-11(21)10-3-6-20(18-10)12(14)15/h3,6-7,12H,2,4-5H2,1H3,(H,16,21). The molecule has 1 amide bonds. The average Bonchev–Trinajstić information content (AvgIpc) is 3.03. The number of nitrogens with zero attached hydrogens (tertiary/aromatic N) is 4. The van der Waals surface area contributed by atoms with Gasteiger partial charge in [0.15, 0.2) is 0 Å². The number of amides is 1. The van der Waals surface area contributed by atoms with E-state index in [1.165, 1.54) is 6.07 Å². The zero-order chi connectivity index (χ0) is 15.4. The van der Waals surface area contributed by atoms with E-state index in [1.807, 2.05) is 0 Å². The summed E-state index contributed by atoms with van der Waals surface area (Å²) in [7, 11) is 0. The maximum atomic E-state index is 12.3. The molecule has 0 radical (unpaired) electrons. The van der Waals surface area contributed by atoms with Crippen molar-refractivity contribution in [2.24, 2.45) is 0 Å². The van der Waals surface area contributed by atoms with Crippen LogP contribution < -0.4 is 5.32 Å². The SMILES string of the molecule is Cc1nn(CCCNC(=O)c2ccn(C(F)F)n2)cc1Cl. The molecule has 0 unspecified atom stereocenters. The van der Waals surface area contributed by atoms with Gasteiger partial charge in [-0.1, -0.05) is 11.6 Å². The Balaban J connectivity index is 1.76. The highest BCUT2D eigenvalue weighted by Crippen LogP contribution is 2.12. The second-order valence-corrected chi connectivity index (χ2v) is 4.80. The summed E-state index contributed by atoms with van der Waals surface area (Å²) < 4.78 is 26.8. The highest BCUT2D eigenvalue weighted by Gasteiger charge is 2.12. The minimum Gasteiger partial charge on any atom is -0.351 e. The summed E-state index contributed by atoms with van der Waals surface area (Å²) in [6.07, 6.45) is 3.41. The van der Waals surface area contributed by atoms with Gasteiger partial charge in [0.2, 0.25) is 0 Å². The molecule has 2 aromatic rings. The molecular weight excluding hydrogens is 304 g/mol. The van der Waals surface area contributed by atoms with Crippen molar-refractivity contribution in [2.75, 3.05) is 6.54 Å². The van der Waals surface area contributed by atoms with Gasteiger partial charge in [-0.3, -0.25) is 9.48 Å². The molecule has 2 rings (SSSR count). The molecule has 21 heavy (non-hydrogen) atoms. The number of hydrogen-bond donors (Lipinski definition) is 1. The predicted molar refractivity (Wildman–Crippen MR) is 72.4 cm³/mol. The lowest BCUT2D eigenvalue weighted by Gasteiger charge is -2.04. The molecule has 0 atom stereocenters. The van der Waals surface area contributed by atoms with Crippen molar-refractivity contribution in [1.82, 2.24) is 24.9 Å². The van der Waals surface area contributed by atoms with Crippen molar-refractivity contribution in [3.05, 3.63) is 34.9 Å². The molecule has 0 saturated carbocycles. The highest BCUT2D eigenvalue weighted by molar-refractivity contribution is 6.31. The first kappa shape index (κ1) is 15.4. The number of aromatic nitrogens is 4. The molecule has 0 spiro atoms. The largest absolute Gasteiger partial charge is 0.351 e. The van der Waals surface area contributed by atoms with Gasteiger partial charge in [0, 0.05) is 25.5 Å². The van der Waals surface area contributed by atoms with E-state index in [9.17, 15) is 13.6 Å². The zero-order valence-corrected chi connectivity index (χ0v) is 12.0. The van der Waals surface area contributed by atoms with Gasteiger partial charge in [0.1, 0.15) is 5.69 Å². The minimum atomic E-state index is -2.75. The van der Waals surface area contributed by atoms with Crippen molar-refractivity contribution in [2.45, 2.75) is 26.4 Å². The van der Waals surface area contributed by atoms with Crippen LogP contribution in [0.4, 0.5) is 8.78 Å². The van der Waals surface area contributed by atoms with Crippen LogP contribution in [-0.4, -0.2) is 32.0 Å². The summed E-state index contributed by atoms with van der Waals surface area (Å²) >= 11 is 5.88. The maximum absolute atomic E-state index is 12.3. The number of carbonyl (C=O) groups is 1. The van der Waals surface area contributed by atoms with Gasteiger partial charge in [-0.25, -0.2) is 4.68 Å². The van der Waals surface area contributed by atoms with Crippen LogP contribution in [0.15, 0.2) is 18.5 Å². The molecule has 0 bridgehead atoms. The zero-order valence-electron chi connectivity index (χ0n) is 11.3. The lowest BCUT2D eigenvalue weighted by atomic mass is 10.3. The molecule has 9 heteroatoms. The van der Waals surface area contributed by atoms with Gasteiger partial charge in [-0.15, -0.1) is 0 Å². The summed E-state index contributed by atoms with van der Waals surface area (Å²) in [4.78, 5) is 11.7. The topological polar surface area (TPSA) is 64.7 Å². The van der Waals surface area contributed by atoms with Crippen LogP contribution in [0.5, 0.6) is 0 Å². The van der Waals surface area contributed by atoms with Gasteiger partial charge in [0.25, 0.3) is 5.91 Å². The third-order valence-corrected chi connectivity index (χ3v) is 3.15. The van der Waals surface area contributed by atoms with E-state index in [0.29, 0.717) is 29.2 Å². The summed E-state index contributed by atoms with van der Waals surface area (Å²) in [5, 5.41) is 10.9. The first-order chi connectivity index (χ1) is 9.97. The van der Waals surface area contributed by atoms with Crippen molar-refractivity contribution in [3.63, 3.8) is 0 Å². The monoisotopic (exact) mass is 317 g/mol. The van der Waals surface area contributed by atoms with E-state index in [1.54, 1.807) is 17.8 Å². The number of rotatable bonds is 6. The molecule has 0 aliphatic heterocycles. The van der Waals surface area contributed by atoms with Crippen LogP contribution in [0.25, 0.3) is 0 Å². The van der Waals surface area contributed by atoms with Crippen molar-refractivity contribution in [3.8, 4) is 0 Å². The van der Waals surface area contributed by atoms with Crippen LogP contribution in [0.1, 0.15) is 29.2 Å². The first-order valence-electron chi connectivity index (χ1n) is 6.28. The van der Waals surface area contributed by atoms with Crippen LogP contribution in [0.3, 0.4) is 0 Å². The second kappa shape index (κ2) is 6.66. The molecule has 0 aliphatic rings. The Morgan fingerprint density at radius 2 is 2.24 bits per heavy atom. The molecule has 2 aromatic heterocycles. The smallest absolute Gasteiger partial charge is 0.333 e. The maximum Gasteiger partial charge on any atom is 0.333 e. The molecule has 0 aromatic carbocycles. The van der Waals surface area contributed by atoms with Crippen LogP contribution in [-0.2, 0) is 6.54 Å². The number of hydrogen-bond acceptors (Lipinski definition) is 3. The van der Waals surface area contributed by atoms with E-state index in [0.717, 1.165) is 11.9 Å². The first-order valence-corrected chi connectivity index (χ1v) is 6.66. The Morgan fingerprint density at radius 1 is 1.48 bits per heavy atom. The van der Waals surface area contributed by atoms with Gasteiger partial charge in [-0.05, 0) is 19.4 Å². The Labute approximate surface area is 124 Å². The second-order valence-electron chi connectivity index (χ2n) is 4.39. The summed E-state index contributed by atoms with van der Waals surface area (Å²) in [6.45, 7) is 0.0373. The Kier molecular flexibility index (Phi) is 4.89. The fourth-order valence-electron chi connectivity index (χ4n) is 1.71. The molecule has 6 nitrogen and oxygen atoms in total. The van der Waals surface area contributed by atoms with Crippen molar-refractivity contribution < 1.29 is 13.6 Å². The third-order valence-electron chi connectivity index (χ3n) is 2.78. The normalized spacial score (nSPS) is 11.1. The van der Waals surface area contributed by atoms with Crippen LogP contribution >= 0.6 is 11.6 Å². The molecule has 0 aliphatic carbocycles. The molecule has 0 fully saturated rings. The van der Waals surface area contributed by atoms with Gasteiger partial charge in [-0.2, -0.15) is 19.0 Å². The molecule has 0 saturated heterocycles. The predicted octanol–water partition coefficient (Wildman–Crippen LogP) is 2.26. The molecule has 2 heterocycles. The van der Waals surface area contributed by atoms with Gasteiger partial charge in [0.05, 0.1) is 10.7 Å². The van der Waals surface area contributed by atoms with E-state index in [-0.39, 0.29) is 5.69 Å². The lowest BCUT2D eigenvalue weighted by molar-refractivity contribution is 0.0560. The number of alkyl halides is 2. The fourth-order valence-corrected chi connectivity index (χ4v) is 1.86. The fraction of sp³-hybridized carbons (Fsp3) is 0.417.